The number of benzene rings is 1. The minimum Gasteiger partial charge on any atom is -0.361 e. The van der Waals surface area contributed by atoms with Gasteiger partial charge < -0.3 is 9.88 Å². The molecule has 2 heterocycles. The second kappa shape index (κ2) is 5.80. The summed E-state index contributed by atoms with van der Waals surface area (Å²) in [6.07, 6.45) is 4.44. The van der Waals surface area contributed by atoms with Crippen LogP contribution in [-0.2, 0) is 6.54 Å². The number of H-pyrrole nitrogens is 1. The van der Waals surface area contributed by atoms with Gasteiger partial charge in [0.2, 0.25) is 5.95 Å². The van der Waals surface area contributed by atoms with Crippen molar-refractivity contribution >= 4 is 22.5 Å². The van der Waals surface area contributed by atoms with Crippen LogP contribution in [0, 0.1) is 10.1 Å². The van der Waals surface area contributed by atoms with E-state index in [0.29, 0.717) is 19.0 Å². The van der Waals surface area contributed by atoms with Crippen LogP contribution in [0.1, 0.15) is 12.5 Å². The molecule has 1 N–H and O–H groups in total. The van der Waals surface area contributed by atoms with E-state index in [0.717, 1.165) is 16.5 Å². The topological polar surface area (TPSA) is 88.0 Å². The van der Waals surface area contributed by atoms with Crippen LogP contribution in [0.3, 0.4) is 0 Å². The summed E-state index contributed by atoms with van der Waals surface area (Å²) in [5, 5.41) is 11.8. The molecule has 3 aromatic rings. The minimum absolute atomic E-state index is 0.105. The molecule has 0 saturated carbocycles. The first kappa shape index (κ1) is 14.0. The van der Waals surface area contributed by atoms with Crippen molar-refractivity contribution in [3.8, 4) is 0 Å². The van der Waals surface area contributed by atoms with E-state index in [1.165, 1.54) is 12.4 Å². The molecule has 0 aliphatic rings. The highest BCUT2D eigenvalue weighted by atomic mass is 16.6. The summed E-state index contributed by atoms with van der Waals surface area (Å²) in [5.74, 6) is 0.485. The van der Waals surface area contributed by atoms with Crippen LogP contribution in [0.5, 0.6) is 0 Å². The minimum atomic E-state index is -0.500. The van der Waals surface area contributed by atoms with E-state index >= 15 is 0 Å². The van der Waals surface area contributed by atoms with Crippen LogP contribution in [0.25, 0.3) is 10.9 Å². The van der Waals surface area contributed by atoms with Crippen LogP contribution < -0.4 is 4.90 Å². The molecule has 0 fully saturated rings. The molecule has 0 aliphatic carbocycles. The largest absolute Gasteiger partial charge is 0.361 e. The van der Waals surface area contributed by atoms with Crippen LogP contribution in [0.15, 0.2) is 42.9 Å². The molecule has 7 heteroatoms. The fourth-order valence-corrected chi connectivity index (χ4v) is 2.36. The number of para-hydroxylation sites is 1. The summed E-state index contributed by atoms with van der Waals surface area (Å²) in [5.41, 5.74) is 2.12. The lowest BCUT2D eigenvalue weighted by Crippen LogP contribution is -2.24. The molecule has 112 valence electrons. The number of hydrogen-bond donors (Lipinski definition) is 1. The predicted octanol–water partition coefficient (Wildman–Crippen LogP) is 2.89. The van der Waals surface area contributed by atoms with Crippen molar-refractivity contribution in [3.05, 3.63) is 58.5 Å². The summed E-state index contributed by atoms with van der Waals surface area (Å²) in [6.45, 7) is 3.34. The highest BCUT2D eigenvalue weighted by Crippen LogP contribution is 2.21. The zero-order valence-electron chi connectivity index (χ0n) is 12.1. The van der Waals surface area contributed by atoms with Gasteiger partial charge in [0.15, 0.2) is 0 Å². The number of nitrogens with one attached hydrogen (secondary N) is 1. The maximum atomic E-state index is 10.7. The number of anilines is 1. The maximum absolute atomic E-state index is 10.7. The average Bonchev–Trinajstić information content (AvgIpc) is 2.96. The van der Waals surface area contributed by atoms with E-state index in [2.05, 4.69) is 21.0 Å². The Morgan fingerprint density at radius 1 is 1.27 bits per heavy atom. The van der Waals surface area contributed by atoms with Gasteiger partial charge in [0.1, 0.15) is 12.4 Å². The van der Waals surface area contributed by atoms with Crippen molar-refractivity contribution in [1.82, 2.24) is 15.0 Å². The lowest BCUT2D eigenvalue weighted by molar-refractivity contribution is -0.385. The molecule has 2 aromatic heterocycles. The second-order valence-corrected chi connectivity index (χ2v) is 4.87. The van der Waals surface area contributed by atoms with Crippen molar-refractivity contribution in [2.75, 3.05) is 11.4 Å². The standard InChI is InChI=1S/C15H15N5O2/c1-2-19(15-17-8-12(9-18-15)20(21)22)10-11-7-16-14-6-4-3-5-13(11)14/h3-9,16H,2,10H2,1H3. The smallest absolute Gasteiger partial charge is 0.305 e. The molecule has 0 bridgehead atoms. The SMILES string of the molecule is CCN(Cc1c[nH]c2ccccc12)c1ncc([N+](=O)[O-])cn1. The van der Waals surface area contributed by atoms with E-state index in [9.17, 15) is 10.1 Å². The van der Waals surface area contributed by atoms with Gasteiger partial charge in [-0.3, -0.25) is 10.1 Å². The van der Waals surface area contributed by atoms with E-state index in [1.807, 2.05) is 36.2 Å². The summed E-state index contributed by atoms with van der Waals surface area (Å²) in [6, 6.07) is 8.07. The van der Waals surface area contributed by atoms with Crippen molar-refractivity contribution in [1.29, 1.82) is 0 Å². The van der Waals surface area contributed by atoms with Gasteiger partial charge in [0.25, 0.3) is 0 Å². The van der Waals surface area contributed by atoms with Crippen LogP contribution in [0.2, 0.25) is 0 Å². The van der Waals surface area contributed by atoms with Crippen LogP contribution >= 0.6 is 0 Å². The number of fused-ring (bicyclic) bond motifs is 1. The van der Waals surface area contributed by atoms with Crippen LogP contribution in [0.4, 0.5) is 11.6 Å². The molecule has 0 unspecified atom stereocenters. The summed E-state index contributed by atoms with van der Waals surface area (Å²) in [4.78, 5) is 23.6. The highest BCUT2D eigenvalue weighted by molar-refractivity contribution is 5.83. The molecule has 1 aromatic carbocycles. The Bertz CT molecular complexity index is 797. The Morgan fingerprint density at radius 3 is 2.68 bits per heavy atom. The third kappa shape index (κ3) is 2.60. The first-order valence-electron chi connectivity index (χ1n) is 6.95. The van der Waals surface area contributed by atoms with E-state index in [-0.39, 0.29) is 5.69 Å². The zero-order chi connectivity index (χ0) is 15.5. The van der Waals surface area contributed by atoms with Crippen molar-refractivity contribution in [2.45, 2.75) is 13.5 Å². The van der Waals surface area contributed by atoms with Crippen molar-refractivity contribution in [2.24, 2.45) is 0 Å². The number of aromatic nitrogens is 3. The Balaban J connectivity index is 1.86. The quantitative estimate of drug-likeness (QED) is 0.578. The van der Waals surface area contributed by atoms with E-state index in [1.54, 1.807) is 0 Å². The normalized spacial score (nSPS) is 10.8. The monoisotopic (exact) mass is 297 g/mol. The molecule has 0 aliphatic heterocycles. The fourth-order valence-electron chi connectivity index (χ4n) is 2.36. The number of aromatic amines is 1. The molecular formula is C15H15N5O2. The zero-order valence-corrected chi connectivity index (χ0v) is 12.1. The second-order valence-electron chi connectivity index (χ2n) is 4.87. The third-order valence-electron chi connectivity index (χ3n) is 3.54. The molecular weight excluding hydrogens is 282 g/mol. The van der Waals surface area contributed by atoms with Gasteiger partial charge in [0, 0.05) is 30.2 Å². The molecule has 0 amide bonds. The van der Waals surface area contributed by atoms with Crippen molar-refractivity contribution < 1.29 is 4.92 Å². The first-order chi connectivity index (χ1) is 10.7. The van der Waals surface area contributed by atoms with E-state index < -0.39 is 4.92 Å². The fraction of sp³-hybridized carbons (Fsp3) is 0.200. The summed E-state index contributed by atoms with van der Waals surface area (Å²) >= 11 is 0. The summed E-state index contributed by atoms with van der Waals surface area (Å²) < 4.78 is 0. The number of rotatable bonds is 5. The lowest BCUT2D eigenvalue weighted by atomic mass is 10.1. The van der Waals surface area contributed by atoms with Gasteiger partial charge in [0.05, 0.1) is 4.92 Å². The Morgan fingerprint density at radius 2 is 2.00 bits per heavy atom. The van der Waals surface area contributed by atoms with Crippen LogP contribution in [-0.4, -0.2) is 26.4 Å². The van der Waals surface area contributed by atoms with Gasteiger partial charge in [-0.15, -0.1) is 0 Å². The number of nitro groups is 1. The molecule has 3 rings (SSSR count). The van der Waals surface area contributed by atoms with Gasteiger partial charge >= 0.3 is 5.69 Å². The Hall–Kier alpha value is -2.96. The number of nitrogens with zero attached hydrogens (tertiary/aromatic N) is 4. The molecule has 0 saturated heterocycles. The van der Waals surface area contributed by atoms with Crippen molar-refractivity contribution in [3.63, 3.8) is 0 Å². The lowest BCUT2D eigenvalue weighted by Gasteiger charge is -2.19. The molecule has 0 radical (unpaired) electrons. The Kier molecular flexibility index (Phi) is 3.69. The van der Waals surface area contributed by atoms with Gasteiger partial charge in [-0.25, -0.2) is 9.97 Å². The molecule has 0 atom stereocenters. The molecule has 22 heavy (non-hydrogen) atoms. The van der Waals surface area contributed by atoms with E-state index in [4.69, 9.17) is 0 Å². The third-order valence-corrected chi connectivity index (χ3v) is 3.54. The predicted molar refractivity (Wildman–Crippen MR) is 83.7 cm³/mol. The average molecular weight is 297 g/mol. The Labute approximate surface area is 126 Å². The number of hydrogen-bond acceptors (Lipinski definition) is 5. The maximum Gasteiger partial charge on any atom is 0.305 e. The molecule has 0 spiro atoms. The van der Waals surface area contributed by atoms with Gasteiger partial charge in [-0.1, -0.05) is 18.2 Å². The van der Waals surface area contributed by atoms with Gasteiger partial charge in [-0.05, 0) is 18.6 Å². The highest BCUT2D eigenvalue weighted by Gasteiger charge is 2.13. The first-order valence-corrected chi connectivity index (χ1v) is 6.95. The molecule has 7 nitrogen and oxygen atoms in total. The van der Waals surface area contributed by atoms with Gasteiger partial charge in [-0.2, -0.15) is 0 Å². The summed E-state index contributed by atoms with van der Waals surface area (Å²) in [7, 11) is 0.